The van der Waals surface area contributed by atoms with Crippen LogP contribution in [0.1, 0.15) is 118 Å². The molecular formula is C50H65N7O7S. The van der Waals surface area contributed by atoms with E-state index in [1.54, 1.807) is 13.2 Å². The van der Waals surface area contributed by atoms with E-state index in [0.717, 1.165) is 89.3 Å². The third-order valence-electron chi connectivity index (χ3n) is 15.0. The number of amides is 1. The first kappa shape index (κ1) is 46.4. The molecule has 4 aliphatic rings. The minimum Gasteiger partial charge on any atom is -0.497 e. The monoisotopic (exact) mass is 907 g/mol. The van der Waals surface area contributed by atoms with E-state index in [4.69, 9.17) is 10.5 Å². The number of hydrogen-bond acceptors (Lipinski definition) is 12. The Morgan fingerprint density at radius 1 is 1.02 bits per heavy atom. The number of methoxy groups -OCH3 is 1. The first-order valence-electron chi connectivity index (χ1n) is 23.2. The molecule has 14 nitrogen and oxygen atoms in total. The zero-order valence-corrected chi connectivity index (χ0v) is 39.2. The average Bonchev–Trinajstić information content (AvgIpc) is 3.28. The lowest BCUT2D eigenvalue weighted by Crippen LogP contribution is -2.61. The fourth-order valence-corrected chi connectivity index (χ4v) is 12.4. The van der Waals surface area contributed by atoms with E-state index in [0.29, 0.717) is 43.1 Å². The maximum absolute atomic E-state index is 14.3. The molecule has 2 atom stereocenters. The van der Waals surface area contributed by atoms with Crippen LogP contribution < -0.4 is 20.7 Å². The van der Waals surface area contributed by atoms with Crippen LogP contribution in [0.15, 0.2) is 88.8 Å². The summed E-state index contributed by atoms with van der Waals surface area (Å²) in [6, 6.07) is 24.1. The molecule has 4 aromatic rings. The van der Waals surface area contributed by atoms with Crippen molar-refractivity contribution in [3.8, 4) is 5.75 Å². The summed E-state index contributed by atoms with van der Waals surface area (Å²) in [5.74, 6) is 0.505. The van der Waals surface area contributed by atoms with Gasteiger partial charge in [-0.25, -0.2) is 13.4 Å². The fourth-order valence-electron chi connectivity index (χ4n) is 10.9. The molecule has 3 heterocycles. The summed E-state index contributed by atoms with van der Waals surface area (Å²) in [5.41, 5.74) is 9.29. The largest absolute Gasteiger partial charge is 0.497 e. The zero-order chi connectivity index (χ0) is 46.3. The molecule has 1 aromatic heterocycles. The Kier molecular flexibility index (Phi) is 13.3. The standard InChI is InChI=1S/C50H65N7O7S/c1-33(2)41-8-6-7-9-42(41)45-32-55(31-36-10-13-39(64-5)14-11-36)34(3)30-56(45)38-26-50(27-38)20-22-54(23-21-50)37-12-15-43(47(51)58)46(24-37)65(62,63)40-25-44(57(60)61)48(53-29-40)52-28-35-16-18-49(4,59)19-17-35/h6-15,24-25,29,33-35,38,45,59H,16-23,26-28,30-32H2,1-5H3,(H2,51,58)(H,52,53)/t34-,35?,45-,49?/m0/s1. The number of rotatable bonds is 14. The van der Waals surface area contributed by atoms with Gasteiger partial charge in [-0.3, -0.25) is 24.7 Å². The third-order valence-corrected chi connectivity index (χ3v) is 16.8. The number of benzene rings is 3. The normalized spacial score (nSPS) is 24.2. The number of piperazine rings is 1. The lowest BCUT2D eigenvalue weighted by atomic mass is 9.59. The van der Waals surface area contributed by atoms with E-state index in [1.165, 1.54) is 28.8 Å². The zero-order valence-electron chi connectivity index (χ0n) is 38.4. The summed E-state index contributed by atoms with van der Waals surface area (Å²) < 4.78 is 34.0. The molecule has 1 spiro atoms. The smallest absolute Gasteiger partial charge is 0.312 e. The molecule has 2 saturated heterocycles. The number of nitrogens with zero attached hydrogens (tertiary/aromatic N) is 5. The lowest BCUT2D eigenvalue weighted by Gasteiger charge is -2.59. The van der Waals surface area contributed by atoms with Gasteiger partial charge in [0.1, 0.15) is 5.75 Å². The van der Waals surface area contributed by atoms with Crippen molar-refractivity contribution in [1.82, 2.24) is 14.8 Å². The Morgan fingerprint density at radius 3 is 2.35 bits per heavy atom. The summed E-state index contributed by atoms with van der Waals surface area (Å²) in [4.78, 5) is 35.4. The lowest BCUT2D eigenvalue weighted by molar-refractivity contribution is -0.384. The Hall–Kier alpha value is -5.09. The average molecular weight is 908 g/mol. The molecule has 0 unspecified atom stereocenters. The number of sulfone groups is 1. The number of pyridine rings is 1. The molecule has 0 bridgehead atoms. The van der Waals surface area contributed by atoms with Crippen molar-refractivity contribution in [1.29, 1.82) is 0 Å². The van der Waals surface area contributed by atoms with Crippen molar-refractivity contribution in [2.45, 2.75) is 125 Å². The number of ether oxygens (including phenoxy) is 1. The number of carbonyl (C=O) groups excluding carboxylic acids is 1. The molecule has 1 amide bonds. The minimum absolute atomic E-state index is 0.0342. The van der Waals surface area contributed by atoms with E-state index >= 15 is 0 Å². The van der Waals surface area contributed by atoms with E-state index in [9.17, 15) is 28.4 Å². The number of carbonyl (C=O) groups is 1. The Labute approximate surface area is 383 Å². The summed E-state index contributed by atoms with van der Waals surface area (Å²) in [5, 5.41) is 25.6. The molecule has 2 aliphatic heterocycles. The van der Waals surface area contributed by atoms with Gasteiger partial charge in [0.05, 0.1) is 33.0 Å². The first-order valence-corrected chi connectivity index (χ1v) is 24.7. The van der Waals surface area contributed by atoms with E-state index in [1.807, 2.05) is 19.1 Å². The van der Waals surface area contributed by atoms with Crippen LogP contribution in [-0.2, 0) is 16.4 Å². The van der Waals surface area contributed by atoms with Crippen molar-refractivity contribution in [2.75, 3.05) is 50.1 Å². The van der Waals surface area contributed by atoms with Gasteiger partial charge in [-0.05, 0) is 129 Å². The number of nitrogens with one attached hydrogen (secondary N) is 1. The number of hydrogen-bond donors (Lipinski definition) is 3. The van der Waals surface area contributed by atoms with Crippen molar-refractivity contribution in [3.63, 3.8) is 0 Å². The highest BCUT2D eigenvalue weighted by Gasteiger charge is 2.51. The number of aromatic nitrogens is 1. The molecule has 0 radical (unpaired) electrons. The molecule has 4 fully saturated rings. The summed E-state index contributed by atoms with van der Waals surface area (Å²) in [7, 11) is -2.77. The SMILES string of the molecule is COc1ccc(CN2C[C@@H](c3ccccc3C(C)C)N(C3CC4(CCN(c5ccc(C(N)=O)c(S(=O)(=O)c6cnc(NCC7CCC(C)(O)CC7)c([N+](=O)[O-])c6)c5)CC4)C3)C[C@@H]2C)cc1. The summed E-state index contributed by atoms with van der Waals surface area (Å²) in [6.07, 6.45) is 7.98. The van der Waals surface area contributed by atoms with Crippen molar-refractivity contribution >= 4 is 32.9 Å². The van der Waals surface area contributed by atoms with Gasteiger partial charge in [0.25, 0.3) is 0 Å². The second-order valence-corrected chi connectivity index (χ2v) is 21.8. The highest BCUT2D eigenvalue weighted by molar-refractivity contribution is 7.91. The predicted molar refractivity (Wildman–Crippen MR) is 252 cm³/mol. The van der Waals surface area contributed by atoms with Gasteiger partial charge in [0, 0.05) is 75.3 Å². The van der Waals surface area contributed by atoms with Gasteiger partial charge in [-0.15, -0.1) is 0 Å². The number of aliphatic hydroxyl groups is 1. The van der Waals surface area contributed by atoms with E-state index in [2.05, 4.69) is 82.2 Å². The second-order valence-electron chi connectivity index (χ2n) is 19.8. The van der Waals surface area contributed by atoms with Gasteiger partial charge >= 0.3 is 5.69 Å². The topological polar surface area (TPSA) is 184 Å². The predicted octanol–water partition coefficient (Wildman–Crippen LogP) is 8.10. The van der Waals surface area contributed by atoms with Crippen LogP contribution in [-0.4, -0.2) is 96.7 Å². The maximum atomic E-state index is 14.3. The van der Waals surface area contributed by atoms with Crippen LogP contribution in [0.3, 0.4) is 0 Å². The molecule has 2 aliphatic carbocycles. The number of primary amides is 1. The second kappa shape index (κ2) is 18.7. The fraction of sp³-hybridized carbons (Fsp3) is 0.520. The first-order chi connectivity index (χ1) is 31.0. The van der Waals surface area contributed by atoms with Crippen LogP contribution >= 0.6 is 0 Å². The van der Waals surface area contributed by atoms with Gasteiger partial charge in [-0.2, -0.15) is 0 Å². The van der Waals surface area contributed by atoms with Gasteiger partial charge in [-0.1, -0.05) is 50.2 Å². The highest BCUT2D eigenvalue weighted by atomic mass is 32.2. The Bertz CT molecular complexity index is 2470. The van der Waals surface area contributed by atoms with Crippen LogP contribution in [0, 0.1) is 21.4 Å². The minimum atomic E-state index is -4.46. The van der Waals surface area contributed by atoms with Gasteiger partial charge < -0.3 is 25.8 Å². The van der Waals surface area contributed by atoms with Crippen molar-refractivity contribution in [2.24, 2.45) is 17.1 Å². The van der Waals surface area contributed by atoms with Crippen molar-refractivity contribution in [3.05, 3.63) is 111 Å². The highest BCUT2D eigenvalue weighted by Crippen LogP contribution is 2.54. The molecule has 15 heteroatoms. The summed E-state index contributed by atoms with van der Waals surface area (Å²) in [6.45, 7) is 13.4. The van der Waals surface area contributed by atoms with Crippen molar-refractivity contribution < 1.29 is 28.0 Å². The molecule has 2 saturated carbocycles. The third kappa shape index (κ3) is 9.89. The number of piperidine rings is 1. The van der Waals surface area contributed by atoms with E-state index in [-0.39, 0.29) is 33.7 Å². The van der Waals surface area contributed by atoms with Crippen LogP contribution in [0.5, 0.6) is 5.75 Å². The molecule has 65 heavy (non-hydrogen) atoms. The van der Waals surface area contributed by atoms with Gasteiger partial charge in [0.15, 0.2) is 0 Å². The van der Waals surface area contributed by atoms with Crippen LogP contribution in [0.2, 0.25) is 0 Å². The quantitative estimate of drug-likeness (QED) is 0.0818. The maximum Gasteiger partial charge on any atom is 0.312 e. The summed E-state index contributed by atoms with van der Waals surface area (Å²) >= 11 is 0. The van der Waals surface area contributed by atoms with Gasteiger partial charge in [0.2, 0.25) is 21.6 Å². The number of nitro groups is 1. The molecular weight excluding hydrogens is 843 g/mol. The van der Waals surface area contributed by atoms with Crippen LogP contribution in [0.25, 0.3) is 0 Å². The Balaban J connectivity index is 0.960. The van der Waals surface area contributed by atoms with E-state index < -0.39 is 36.9 Å². The molecule has 348 valence electrons. The Morgan fingerprint density at radius 2 is 1.71 bits per heavy atom. The number of anilines is 2. The molecule has 8 rings (SSSR count). The molecule has 4 N–H and O–H groups in total. The van der Waals surface area contributed by atoms with Crippen LogP contribution in [0.4, 0.5) is 17.2 Å². The number of nitrogens with two attached hydrogens (primary N) is 1. The molecule has 3 aromatic carbocycles.